The zero-order chi connectivity index (χ0) is 10.5. The first kappa shape index (κ1) is 10.7. The van der Waals surface area contributed by atoms with Crippen molar-refractivity contribution in [3.05, 3.63) is 18.2 Å². The summed E-state index contributed by atoms with van der Waals surface area (Å²) in [5, 5.41) is 3.59. The molecule has 0 spiro atoms. The number of nitrogens with one attached hydrogen (secondary N) is 1. The van der Waals surface area contributed by atoms with Crippen LogP contribution in [0.1, 0.15) is 37.8 Å². The number of rotatable bonds is 4. The molecule has 0 bridgehead atoms. The summed E-state index contributed by atoms with van der Waals surface area (Å²) in [7, 11) is 0. The molecule has 1 aliphatic heterocycles. The molecule has 0 radical (unpaired) electrons. The van der Waals surface area contributed by atoms with Gasteiger partial charge in [0.15, 0.2) is 0 Å². The molecule has 1 N–H and O–H groups in total. The smallest absolute Gasteiger partial charge is 0.0949 e. The summed E-state index contributed by atoms with van der Waals surface area (Å²) in [6.07, 6.45) is 10.7. The molecule has 1 saturated heterocycles. The van der Waals surface area contributed by atoms with Gasteiger partial charge in [0, 0.05) is 18.8 Å². The van der Waals surface area contributed by atoms with Crippen LogP contribution in [0.25, 0.3) is 0 Å². The summed E-state index contributed by atoms with van der Waals surface area (Å²) in [6.45, 7) is 4.37. The predicted molar refractivity (Wildman–Crippen MR) is 61.8 cm³/mol. The highest BCUT2D eigenvalue weighted by atomic mass is 15.0. The number of imidazole rings is 1. The van der Waals surface area contributed by atoms with Crippen LogP contribution in [0, 0.1) is 6.92 Å². The van der Waals surface area contributed by atoms with E-state index in [1.54, 1.807) is 0 Å². The van der Waals surface area contributed by atoms with Gasteiger partial charge in [0.05, 0.1) is 12.0 Å². The predicted octanol–water partition coefficient (Wildman–Crippen LogP) is 2.11. The van der Waals surface area contributed by atoms with Crippen molar-refractivity contribution in [2.24, 2.45) is 0 Å². The molecule has 2 heterocycles. The number of hydrogen-bond acceptors (Lipinski definition) is 2. The molecule has 2 rings (SSSR count). The molecule has 0 saturated carbocycles. The van der Waals surface area contributed by atoms with E-state index < -0.39 is 0 Å². The van der Waals surface area contributed by atoms with Crippen molar-refractivity contribution in [1.29, 1.82) is 0 Å². The monoisotopic (exact) mass is 207 g/mol. The summed E-state index contributed by atoms with van der Waals surface area (Å²) in [5.74, 6) is 0. The number of piperidine rings is 1. The van der Waals surface area contributed by atoms with Gasteiger partial charge < -0.3 is 9.88 Å². The summed E-state index contributed by atoms with van der Waals surface area (Å²) in [6, 6.07) is 0.767. The first-order chi connectivity index (χ1) is 7.34. The average molecular weight is 207 g/mol. The molecule has 1 aromatic heterocycles. The fourth-order valence-corrected chi connectivity index (χ4v) is 2.28. The highest BCUT2D eigenvalue weighted by Gasteiger charge is 2.11. The van der Waals surface area contributed by atoms with E-state index in [4.69, 9.17) is 0 Å². The lowest BCUT2D eigenvalue weighted by Gasteiger charge is -2.23. The normalized spacial score (nSPS) is 21.8. The molecule has 1 atom stereocenters. The Balaban J connectivity index is 1.65. The number of nitrogens with zero attached hydrogens (tertiary/aromatic N) is 2. The summed E-state index contributed by atoms with van der Waals surface area (Å²) < 4.78 is 2.19. The minimum absolute atomic E-state index is 0.767. The molecule has 15 heavy (non-hydrogen) atoms. The van der Waals surface area contributed by atoms with E-state index in [2.05, 4.69) is 21.1 Å². The van der Waals surface area contributed by atoms with E-state index in [1.807, 2.05) is 13.3 Å². The molecule has 1 aromatic rings. The molecule has 0 aliphatic carbocycles. The SMILES string of the molecule is Cc1cn(CCCC2CCCCN2)cn1. The van der Waals surface area contributed by atoms with E-state index in [0.29, 0.717) is 0 Å². The van der Waals surface area contributed by atoms with Crippen LogP contribution in [0.2, 0.25) is 0 Å². The minimum atomic E-state index is 0.767. The lowest BCUT2D eigenvalue weighted by Crippen LogP contribution is -2.33. The molecule has 1 aliphatic rings. The Labute approximate surface area is 91.9 Å². The largest absolute Gasteiger partial charge is 0.337 e. The fourth-order valence-electron chi connectivity index (χ4n) is 2.28. The van der Waals surface area contributed by atoms with Gasteiger partial charge in [-0.2, -0.15) is 0 Å². The number of hydrogen-bond donors (Lipinski definition) is 1. The van der Waals surface area contributed by atoms with Crippen molar-refractivity contribution in [2.45, 2.75) is 51.6 Å². The maximum atomic E-state index is 4.23. The first-order valence-corrected chi connectivity index (χ1v) is 6.06. The number of aromatic nitrogens is 2. The second-order valence-electron chi connectivity index (χ2n) is 4.54. The van der Waals surface area contributed by atoms with Crippen LogP contribution < -0.4 is 5.32 Å². The second-order valence-corrected chi connectivity index (χ2v) is 4.54. The van der Waals surface area contributed by atoms with Gasteiger partial charge in [-0.3, -0.25) is 0 Å². The van der Waals surface area contributed by atoms with Crippen LogP contribution in [-0.2, 0) is 6.54 Å². The Morgan fingerprint density at radius 2 is 2.47 bits per heavy atom. The lowest BCUT2D eigenvalue weighted by molar-refractivity contribution is 0.368. The Hall–Kier alpha value is -0.830. The Kier molecular flexibility index (Phi) is 3.78. The summed E-state index contributed by atoms with van der Waals surface area (Å²) in [4.78, 5) is 4.23. The molecule has 0 aromatic carbocycles. The van der Waals surface area contributed by atoms with Gasteiger partial charge in [0.1, 0.15) is 0 Å². The van der Waals surface area contributed by atoms with Crippen LogP contribution in [0.5, 0.6) is 0 Å². The number of aryl methyl sites for hydroxylation is 2. The molecular formula is C12H21N3. The molecule has 84 valence electrons. The van der Waals surface area contributed by atoms with Crippen LogP contribution in [0.4, 0.5) is 0 Å². The topological polar surface area (TPSA) is 29.9 Å². The third kappa shape index (κ3) is 3.34. The van der Waals surface area contributed by atoms with E-state index in [-0.39, 0.29) is 0 Å². The molecule has 1 unspecified atom stereocenters. The van der Waals surface area contributed by atoms with Crippen LogP contribution in [-0.4, -0.2) is 22.1 Å². The molecule has 3 heteroatoms. The highest BCUT2D eigenvalue weighted by Crippen LogP contribution is 2.12. The molecule has 0 amide bonds. The van der Waals surface area contributed by atoms with E-state index in [9.17, 15) is 0 Å². The molecule has 1 fully saturated rings. The van der Waals surface area contributed by atoms with Gasteiger partial charge >= 0.3 is 0 Å². The third-order valence-corrected chi connectivity index (χ3v) is 3.14. The molecule has 3 nitrogen and oxygen atoms in total. The summed E-state index contributed by atoms with van der Waals surface area (Å²) >= 11 is 0. The maximum absolute atomic E-state index is 4.23. The van der Waals surface area contributed by atoms with Crippen LogP contribution in [0.3, 0.4) is 0 Å². The summed E-state index contributed by atoms with van der Waals surface area (Å²) in [5.41, 5.74) is 1.12. The standard InChI is InChI=1S/C12H21N3/c1-11-9-15(10-14-11)8-4-6-12-5-2-3-7-13-12/h9-10,12-13H,2-8H2,1H3. The van der Waals surface area contributed by atoms with Gasteiger partial charge in [-0.25, -0.2) is 4.98 Å². The quantitative estimate of drug-likeness (QED) is 0.819. The van der Waals surface area contributed by atoms with Gasteiger partial charge in [0.2, 0.25) is 0 Å². The Bertz CT molecular complexity index is 287. The zero-order valence-corrected chi connectivity index (χ0v) is 9.58. The van der Waals surface area contributed by atoms with E-state index in [1.165, 1.54) is 38.6 Å². The van der Waals surface area contributed by atoms with E-state index in [0.717, 1.165) is 18.3 Å². The van der Waals surface area contributed by atoms with Gasteiger partial charge in [-0.1, -0.05) is 6.42 Å². The minimum Gasteiger partial charge on any atom is -0.337 e. The first-order valence-electron chi connectivity index (χ1n) is 6.06. The van der Waals surface area contributed by atoms with Crippen molar-refractivity contribution < 1.29 is 0 Å². The van der Waals surface area contributed by atoms with Crippen molar-refractivity contribution in [2.75, 3.05) is 6.54 Å². The van der Waals surface area contributed by atoms with Crippen LogP contribution >= 0.6 is 0 Å². The van der Waals surface area contributed by atoms with Gasteiger partial charge in [-0.15, -0.1) is 0 Å². The van der Waals surface area contributed by atoms with Crippen molar-refractivity contribution >= 4 is 0 Å². The average Bonchev–Trinajstić information content (AvgIpc) is 2.66. The van der Waals surface area contributed by atoms with E-state index >= 15 is 0 Å². The Morgan fingerprint density at radius 3 is 3.13 bits per heavy atom. The third-order valence-electron chi connectivity index (χ3n) is 3.14. The van der Waals surface area contributed by atoms with Gasteiger partial charge in [0.25, 0.3) is 0 Å². The van der Waals surface area contributed by atoms with Crippen LogP contribution in [0.15, 0.2) is 12.5 Å². The van der Waals surface area contributed by atoms with Crippen molar-refractivity contribution in [1.82, 2.24) is 14.9 Å². The Morgan fingerprint density at radius 1 is 1.53 bits per heavy atom. The highest BCUT2D eigenvalue weighted by molar-refractivity contribution is 4.91. The van der Waals surface area contributed by atoms with Crippen molar-refractivity contribution in [3.8, 4) is 0 Å². The maximum Gasteiger partial charge on any atom is 0.0949 e. The second kappa shape index (κ2) is 5.31. The lowest BCUT2D eigenvalue weighted by atomic mass is 10.0. The van der Waals surface area contributed by atoms with Gasteiger partial charge in [-0.05, 0) is 39.2 Å². The fraction of sp³-hybridized carbons (Fsp3) is 0.750. The molecular weight excluding hydrogens is 186 g/mol. The van der Waals surface area contributed by atoms with Crippen molar-refractivity contribution in [3.63, 3.8) is 0 Å². The zero-order valence-electron chi connectivity index (χ0n) is 9.58.